The van der Waals surface area contributed by atoms with Crippen molar-refractivity contribution in [3.63, 3.8) is 0 Å². The Hall–Kier alpha value is 0.290. The normalized spacial score (nSPS) is 25.0. The van der Waals surface area contributed by atoms with Gasteiger partial charge in [-0.15, -0.1) is 11.6 Å². The molecule has 9 heavy (non-hydrogen) atoms. The number of rotatable bonds is 0. The van der Waals surface area contributed by atoms with Gasteiger partial charge in [0.15, 0.2) is 0 Å². The Balaban J connectivity index is 2.12. The largest absolute Gasteiger partial charge is 0.123 e. The number of halogens is 1. The van der Waals surface area contributed by atoms with Gasteiger partial charge in [-0.2, -0.15) is 0 Å². The maximum Gasteiger partial charge on any atom is 0.0336 e. The van der Waals surface area contributed by atoms with Gasteiger partial charge in [-0.25, -0.2) is 0 Å². The summed E-state index contributed by atoms with van der Waals surface area (Å²) in [4.78, 5) is 0. The van der Waals surface area contributed by atoms with Gasteiger partial charge in [-0.3, -0.25) is 0 Å². The molecule has 1 saturated carbocycles. The zero-order chi connectivity index (χ0) is 6.53. The Bertz CT molecular complexity index is 63.0. The average Bonchev–Trinajstić information content (AvgIpc) is 1.79. The molecular formula is C8H15Cl. The highest BCUT2D eigenvalue weighted by atomic mass is 35.5. The summed E-state index contributed by atoms with van der Waals surface area (Å²) >= 11 is 5.99. The molecule has 0 N–H and O–H groups in total. The van der Waals surface area contributed by atoms with E-state index in [4.69, 9.17) is 11.6 Å². The van der Waals surface area contributed by atoms with E-state index in [1.807, 2.05) is 0 Å². The van der Waals surface area contributed by atoms with Crippen molar-refractivity contribution in [1.82, 2.24) is 0 Å². The molecular weight excluding hydrogens is 132 g/mol. The van der Waals surface area contributed by atoms with Crippen molar-refractivity contribution in [3.8, 4) is 0 Å². The molecule has 0 spiro atoms. The van der Waals surface area contributed by atoms with Crippen LogP contribution in [0.15, 0.2) is 0 Å². The van der Waals surface area contributed by atoms with E-state index in [-0.39, 0.29) is 0 Å². The predicted octanol–water partition coefficient (Wildman–Crippen LogP) is 3.34. The van der Waals surface area contributed by atoms with E-state index in [2.05, 4.69) is 0 Å². The summed E-state index contributed by atoms with van der Waals surface area (Å²) < 4.78 is 0. The van der Waals surface area contributed by atoms with E-state index in [1.54, 1.807) is 0 Å². The van der Waals surface area contributed by atoms with Crippen LogP contribution in [0.1, 0.15) is 44.9 Å². The zero-order valence-electron chi connectivity index (χ0n) is 5.91. The van der Waals surface area contributed by atoms with Gasteiger partial charge in [0.2, 0.25) is 0 Å². The molecule has 0 heterocycles. The van der Waals surface area contributed by atoms with Gasteiger partial charge in [0.05, 0.1) is 0 Å². The minimum Gasteiger partial charge on any atom is -0.123 e. The summed E-state index contributed by atoms with van der Waals surface area (Å²) in [7, 11) is 0. The molecule has 0 amide bonds. The van der Waals surface area contributed by atoms with Crippen molar-refractivity contribution in [2.75, 3.05) is 0 Å². The lowest BCUT2D eigenvalue weighted by Crippen LogP contribution is -2.01. The smallest absolute Gasteiger partial charge is 0.0336 e. The fourth-order valence-electron chi connectivity index (χ4n) is 1.41. The Labute approximate surface area is 62.6 Å². The lowest BCUT2D eigenvalue weighted by Gasteiger charge is -2.12. The fourth-order valence-corrected chi connectivity index (χ4v) is 1.71. The van der Waals surface area contributed by atoms with E-state index in [9.17, 15) is 0 Å². The first-order valence-electron chi connectivity index (χ1n) is 4.03. The van der Waals surface area contributed by atoms with Crippen LogP contribution in [-0.4, -0.2) is 5.38 Å². The maximum atomic E-state index is 5.99. The van der Waals surface area contributed by atoms with Gasteiger partial charge in [-0.05, 0) is 12.8 Å². The van der Waals surface area contributed by atoms with Crippen molar-refractivity contribution >= 4 is 11.6 Å². The molecule has 1 heteroatoms. The number of alkyl halides is 1. The average molecular weight is 147 g/mol. The molecule has 1 aliphatic rings. The van der Waals surface area contributed by atoms with Crippen LogP contribution in [0.2, 0.25) is 0 Å². The summed E-state index contributed by atoms with van der Waals surface area (Å²) in [5, 5.41) is 0.491. The standard InChI is InChI=1S/C8H15Cl/c9-8-6-4-2-1-3-5-7-8/h8H,1-7H2. The topological polar surface area (TPSA) is 0 Å². The third kappa shape index (κ3) is 3.10. The summed E-state index contributed by atoms with van der Waals surface area (Å²) in [5.74, 6) is 0. The second kappa shape index (κ2) is 4.16. The zero-order valence-corrected chi connectivity index (χ0v) is 6.66. The number of hydrogen-bond acceptors (Lipinski definition) is 0. The fraction of sp³-hybridized carbons (Fsp3) is 1.00. The maximum absolute atomic E-state index is 5.99. The van der Waals surface area contributed by atoms with Gasteiger partial charge in [-0.1, -0.05) is 32.1 Å². The van der Waals surface area contributed by atoms with E-state index >= 15 is 0 Å². The summed E-state index contributed by atoms with van der Waals surface area (Å²) in [5.41, 5.74) is 0. The third-order valence-corrected chi connectivity index (χ3v) is 2.47. The van der Waals surface area contributed by atoms with Crippen LogP contribution in [0.4, 0.5) is 0 Å². The molecule has 54 valence electrons. The summed E-state index contributed by atoms with van der Waals surface area (Å²) in [6.07, 6.45) is 9.46. The van der Waals surface area contributed by atoms with E-state index in [1.165, 1.54) is 44.9 Å². The van der Waals surface area contributed by atoms with E-state index in [0.29, 0.717) is 5.38 Å². The lowest BCUT2D eigenvalue weighted by molar-refractivity contribution is 0.509. The van der Waals surface area contributed by atoms with Crippen LogP contribution in [0.25, 0.3) is 0 Å². The highest BCUT2D eigenvalue weighted by Gasteiger charge is 2.06. The summed E-state index contributed by atoms with van der Waals surface area (Å²) in [6, 6.07) is 0. The first kappa shape index (κ1) is 7.40. The molecule has 0 aromatic heterocycles. The predicted molar refractivity (Wildman–Crippen MR) is 42.0 cm³/mol. The molecule has 0 bridgehead atoms. The van der Waals surface area contributed by atoms with Gasteiger partial charge >= 0.3 is 0 Å². The molecule has 0 nitrogen and oxygen atoms in total. The quantitative estimate of drug-likeness (QED) is 0.460. The summed E-state index contributed by atoms with van der Waals surface area (Å²) in [6.45, 7) is 0. The second-order valence-corrected chi connectivity index (χ2v) is 3.56. The Morgan fingerprint density at radius 1 is 0.778 bits per heavy atom. The van der Waals surface area contributed by atoms with Gasteiger partial charge < -0.3 is 0 Å². The highest BCUT2D eigenvalue weighted by molar-refractivity contribution is 6.20. The van der Waals surface area contributed by atoms with Crippen LogP contribution >= 0.6 is 11.6 Å². The van der Waals surface area contributed by atoms with Gasteiger partial charge in [0, 0.05) is 5.38 Å². The monoisotopic (exact) mass is 146 g/mol. The minimum absolute atomic E-state index is 0.491. The molecule has 1 fully saturated rings. The molecule has 0 aromatic rings. The molecule has 0 unspecified atom stereocenters. The van der Waals surface area contributed by atoms with Crippen LogP contribution in [0, 0.1) is 0 Å². The molecule has 0 radical (unpaired) electrons. The molecule has 0 saturated heterocycles. The highest BCUT2D eigenvalue weighted by Crippen LogP contribution is 2.20. The number of hydrogen-bond donors (Lipinski definition) is 0. The second-order valence-electron chi connectivity index (χ2n) is 2.94. The molecule has 1 aliphatic carbocycles. The van der Waals surface area contributed by atoms with Gasteiger partial charge in [0.1, 0.15) is 0 Å². The van der Waals surface area contributed by atoms with Crippen molar-refractivity contribution in [1.29, 1.82) is 0 Å². The van der Waals surface area contributed by atoms with Crippen LogP contribution < -0.4 is 0 Å². The van der Waals surface area contributed by atoms with Gasteiger partial charge in [0.25, 0.3) is 0 Å². The van der Waals surface area contributed by atoms with Crippen LogP contribution in [-0.2, 0) is 0 Å². The molecule has 0 atom stereocenters. The molecule has 0 aromatic carbocycles. The van der Waals surface area contributed by atoms with Crippen LogP contribution in [0.5, 0.6) is 0 Å². The Morgan fingerprint density at radius 3 is 1.78 bits per heavy atom. The van der Waals surface area contributed by atoms with Crippen LogP contribution in [0.3, 0.4) is 0 Å². The lowest BCUT2D eigenvalue weighted by atomic mass is 10.0. The first-order chi connectivity index (χ1) is 4.39. The Morgan fingerprint density at radius 2 is 1.22 bits per heavy atom. The van der Waals surface area contributed by atoms with Crippen molar-refractivity contribution in [3.05, 3.63) is 0 Å². The first-order valence-corrected chi connectivity index (χ1v) is 4.47. The molecule has 1 rings (SSSR count). The van der Waals surface area contributed by atoms with Crippen molar-refractivity contribution in [2.24, 2.45) is 0 Å². The van der Waals surface area contributed by atoms with Crippen molar-refractivity contribution in [2.45, 2.75) is 50.3 Å². The van der Waals surface area contributed by atoms with Crippen molar-refractivity contribution < 1.29 is 0 Å². The van der Waals surface area contributed by atoms with E-state index in [0.717, 1.165) is 0 Å². The minimum atomic E-state index is 0.491. The third-order valence-electron chi connectivity index (χ3n) is 2.03. The van der Waals surface area contributed by atoms with E-state index < -0.39 is 0 Å². The Kier molecular flexibility index (Phi) is 3.42. The SMILES string of the molecule is ClC1CCCCCCC1. The molecule has 0 aliphatic heterocycles.